The van der Waals surface area contributed by atoms with E-state index in [0.29, 0.717) is 17.7 Å². The SMILES string of the molecule is CCC(Sc1cccc(NC(=O)/C(=C/c2ccccc2)NC(=O)c2ccccc2)c1)C(=O)Nc1cc(C)cc(C)c1. The minimum atomic E-state index is -0.458. The molecule has 0 saturated heterocycles. The molecule has 6 nitrogen and oxygen atoms in total. The zero-order chi connectivity index (χ0) is 29.2. The number of hydrogen-bond acceptors (Lipinski definition) is 4. The van der Waals surface area contributed by atoms with Crippen LogP contribution in [-0.2, 0) is 9.59 Å². The maximum atomic E-state index is 13.4. The lowest BCUT2D eigenvalue weighted by Crippen LogP contribution is -2.30. The Hall–Kier alpha value is -4.62. The van der Waals surface area contributed by atoms with Crippen molar-refractivity contribution in [3.05, 3.63) is 131 Å². The molecule has 0 aliphatic rings. The summed E-state index contributed by atoms with van der Waals surface area (Å²) >= 11 is 1.44. The second kappa shape index (κ2) is 14.1. The summed E-state index contributed by atoms with van der Waals surface area (Å²) in [6, 6.07) is 31.4. The van der Waals surface area contributed by atoms with Gasteiger partial charge in [0, 0.05) is 21.8 Å². The topological polar surface area (TPSA) is 87.3 Å². The number of benzene rings is 4. The third kappa shape index (κ3) is 8.68. The first-order chi connectivity index (χ1) is 19.8. The Kier molecular flexibility index (Phi) is 10.1. The van der Waals surface area contributed by atoms with Crippen LogP contribution in [-0.4, -0.2) is 23.0 Å². The van der Waals surface area contributed by atoms with Crippen LogP contribution in [0.1, 0.15) is 40.4 Å². The largest absolute Gasteiger partial charge is 0.325 e. The van der Waals surface area contributed by atoms with Gasteiger partial charge >= 0.3 is 0 Å². The Morgan fingerprint density at radius 1 is 0.756 bits per heavy atom. The van der Waals surface area contributed by atoms with Crippen LogP contribution in [0, 0.1) is 13.8 Å². The minimum Gasteiger partial charge on any atom is -0.325 e. The van der Waals surface area contributed by atoms with Crippen molar-refractivity contribution in [3.8, 4) is 0 Å². The van der Waals surface area contributed by atoms with E-state index in [1.165, 1.54) is 11.8 Å². The lowest BCUT2D eigenvalue weighted by Gasteiger charge is -2.16. The number of carbonyl (C=O) groups excluding carboxylic acids is 3. The Morgan fingerprint density at radius 2 is 1.41 bits per heavy atom. The van der Waals surface area contributed by atoms with Crippen molar-refractivity contribution < 1.29 is 14.4 Å². The first-order valence-electron chi connectivity index (χ1n) is 13.4. The van der Waals surface area contributed by atoms with Gasteiger partial charge < -0.3 is 16.0 Å². The van der Waals surface area contributed by atoms with E-state index in [9.17, 15) is 14.4 Å². The van der Waals surface area contributed by atoms with Crippen LogP contribution in [0.2, 0.25) is 0 Å². The number of anilines is 2. The molecule has 0 aliphatic heterocycles. The Bertz CT molecular complexity index is 1530. The molecular weight excluding hydrogens is 530 g/mol. The third-order valence-electron chi connectivity index (χ3n) is 6.16. The normalized spacial score (nSPS) is 11.8. The minimum absolute atomic E-state index is 0.0753. The molecule has 0 bridgehead atoms. The van der Waals surface area contributed by atoms with E-state index in [0.717, 1.165) is 27.3 Å². The summed E-state index contributed by atoms with van der Waals surface area (Å²) in [4.78, 5) is 40.2. The lowest BCUT2D eigenvalue weighted by atomic mass is 10.1. The number of rotatable bonds is 10. The van der Waals surface area contributed by atoms with E-state index in [2.05, 4.69) is 22.0 Å². The predicted molar refractivity (Wildman–Crippen MR) is 168 cm³/mol. The quantitative estimate of drug-likeness (QED) is 0.140. The molecule has 41 heavy (non-hydrogen) atoms. The fraction of sp³-hybridized carbons (Fsp3) is 0.147. The molecule has 208 valence electrons. The summed E-state index contributed by atoms with van der Waals surface area (Å²) < 4.78 is 0. The Morgan fingerprint density at radius 3 is 2.07 bits per heavy atom. The van der Waals surface area contributed by atoms with Gasteiger partial charge in [0.15, 0.2) is 0 Å². The zero-order valence-corrected chi connectivity index (χ0v) is 24.1. The molecule has 7 heteroatoms. The number of nitrogens with one attached hydrogen (secondary N) is 3. The first kappa shape index (κ1) is 29.4. The Balaban J connectivity index is 1.48. The van der Waals surface area contributed by atoms with Crippen LogP contribution < -0.4 is 16.0 Å². The molecule has 3 N–H and O–H groups in total. The highest BCUT2D eigenvalue weighted by Gasteiger charge is 2.19. The predicted octanol–water partition coefficient (Wildman–Crippen LogP) is 7.22. The highest BCUT2D eigenvalue weighted by Crippen LogP contribution is 2.29. The second-order valence-electron chi connectivity index (χ2n) is 9.65. The van der Waals surface area contributed by atoms with Gasteiger partial charge in [0.2, 0.25) is 5.91 Å². The van der Waals surface area contributed by atoms with Crippen molar-refractivity contribution in [1.82, 2.24) is 5.32 Å². The maximum Gasteiger partial charge on any atom is 0.272 e. The summed E-state index contributed by atoms with van der Waals surface area (Å²) in [5.74, 6) is -0.915. The molecule has 0 aliphatic carbocycles. The van der Waals surface area contributed by atoms with Crippen LogP contribution in [0.15, 0.2) is 114 Å². The summed E-state index contributed by atoms with van der Waals surface area (Å²) in [7, 11) is 0. The van der Waals surface area contributed by atoms with Crippen molar-refractivity contribution in [2.24, 2.45) is 0 Å². The van der Waals surface area contributed by atoms with Gasteiger partial charge in [-0.05, 0) is 85.5 Å². The van der Waals surface area contributed by atoms with Gasteiger partial charge in [0.05, 0.1) is 5.25 Å². The average molecular weight is 564 g/mol. The van der Waals surface area contributed by atoms with E-state index in [1.807, 2.05) is 87.5 Å². The fourth-order valence-electron chi connectivity index (χ4n) is 4.26. The van der Waals surface area contributed by atoms with Crippen molar-refractivity contribution in [2.45, 2.75) is 37.3 Å². The van der Waals surface area contributed by atoms with Crippen molar-refractivity contribution in [3.63, 3.8) is 0 Å². The standard InChI is InChI=1S/C34H33N3O3S/c1-4-31(34(40)36-28-19-23(2)18-24(3)20-28)41-29-17-11-16-27(22-29)35-33(39)30(21-25-12-7-5-8-13-25)37-32(38)26-14-9-6-10-15-26/h5-22,31H,4H2,1-3H3,(H,35,39)(H,36,40)(H,37,38)/b30-21-. The third-order valence-corrected chi connectivity index (χ3v) is 7.52. The first-order valence-corrected chi connectivity index (χ1v) is 14.3. The molecule has 0 spiro atoms. The lowest BCUT2D eigenvalue weighted by molar-refractivity contribution is -0.116. The van der Waals surface area contributed by atoms with Gasteiger partial charge in [-0.25, -0.2) is 0 Å². The van der Waals surface area contributed by atoms with Gasteiger partial charge in [-0.3, -0.25) is 14.4 Å². The second-order valence-corrected chi connectivity index (χ2v) is 10.9. The Labute approximate surface area is 245 Å². The molecule has 0 saturated carbocycles. The van der Waals surface area contributed by atoms with Crippen LogP contribution in [0.3, 0.4) is 0 Å². The molecule has 0 aromatic heterocycles. The molecule has 4 aromatic rings. The maximum absolute atomic E-state index is 13.4. The van der Waals surface area contributed by atoms with Crippen LogP contribution >= 0.6 is 11.8 Å². The molecule has 3 amide bonds. The number of hydrogen-bond donors (Lipinski definition) is 3. The number of thioether (sulfide) groups is 1. The summed E-state index contributed by atoms with van der Waals surface area (Å²) in [6.07, 6.45) is 2.27. The highest BCUT2D eigenvalue weighted by molar-refractivity contribution is 8.00. The molecule has 4 rings (SSSR count). The van der Waals surface area contributed by atoms with E-state index in [4.69, 9.17) is 0 Å². The van der Waals surface area contributed by atoms with E-state index < -0.39 is 5.91 Å². The highest BCUT2D eigenvalue weighted by atomic mass is 32.2. The van der Waals surface area contributed by atoms with E-state index in [-0.39, 0.29) is 22.8 Å². The van der Waals surface area contributed by atoms with Gasteiger partial charge in [-0.2, -0.15) is 0 Å². The summed E-state index contributed by atoms with van der Waals surface area (Å²) in [5, 5.41) is 8.37. The molecule has 1 unspecified atom stereocenters. The molecule has 0 heterocycles. The summed E-state index contributed by atoms with van der Waals surface area (Å²) in [6.45, 7) is 5.98. The van der Waals surface area contributed by atoms with E-state index >= 15 is 0 Å². The molecule has 0 radical (unpaired) electrons. The van der Waals surface area contributed by atoms with Gasteiger partial charge in [0.25, 0.3) is 11.8 Å². The van der Waals surface area contributed by atoms with Gasteiger partial charge in [0.1, 0.15) is 5.70 Å². The number of carbonyl (C=O) groups is 3. The average Bonchev–Trinajstić information content (AvgIpc) is 2.96. The smallest absolute Gasteiger partial charge is 0.272 e. The molecule has 4 aromatic carbocycles. The van der Waals surface area contributed by atoms with Crippen molar-refractivity contribution >= 4 is 46.9 Å². The molecular formula is C34H33N3O3S. The molecule has 0 fully saturated rings. The van der Waals surface area contributed by atoms with Crippen LogP contribution in [0.25, 0.3) is 6.08 Å². The van der Waals surface area contributed by atoms with Crippen LogP contribution in [0.4, 0.5) is 11.4 Å². The van der Waals surface area contributed by atoms with E-state index in [1.54, 1.807) is 36.4 Å². The monoisotopic (exact) mass is 563 g/mol. The summed E-state index contributed by atoms with van der Waals surface area (Å²) in [5.41, 5.74) is 4.84. The van der Waals surface area contributed by atoms with Crippen molar-refractivity contribution in [1.29, 1.82) is 0 Å². The zero-order valence-electron chi connectivity index (χ0n) is 23.3. The number of aryl methyl sites for hydroxylation is 2. The van der Waals surface area contributed by atoms with Crippen LogP contribution in [0.5, 0.6) is 0 Å². The van der Waals surface area contributed by atoms with Crippen molar-refractivity contribution in [2.75, 3.05) is 10.6 Å². The number of amides is 3. The van der Waals surface area contributed by atoms with Gasteiger partial charge in [-0.15, -0.1) is 11.8 Å². The van der Waals surface area contributed by atoms with Gasteiger partial charge in [-0.1, -0.05) is 67.6 Å². The molecule has 1 atom stereocenters. The fourth-order valence-corrected chi connectivity index (χ4v) is 5.27.